The Morgan fingerprint density at radius 2 is 2.12 bits per heavy atom. The molecule has 16 heavy (non-hydrogen) atoms. The number of aliphatic hydroxyl groups is 1. The molecular weight excluding hydrogens is 247 g/mol. The lowest BCUT2D eigenvalue weighted by Crippen LogP contribution is -2.12. The van der Waals surface area contributed by atoms with Crippen LogP contribution >= 0.6 is 23.2 Å². The van der Waals surface area contributed by atoms with Crippen molar-refractivity contribution in [3.8, 4) is 0 Å². The highest BCUT2D eigenvalue weighted by atomic mass is 35.5. The van der Waals surface area contributed by atoms with Crippen LogP contribution in [-0.2, 0) is 6.61 Å². The van der Waals surface area contributed by atoms with Crippen molar-refractivity contribution in [1.29, 1.82) is 0 Å². The number of aliphatic imine (C=N–C) groups is 1. The minimum atomic E-state index is -0.126. The normalized spacial score (nSPS) is 14.6. The Hall–Kier alpha value is -1.03. The standard InChI is InChI=1S/C11H10Cl2N2O/c12-10-7(6-16)1-2-8(11(10)13)9-5-14-3-4-15-9/h1-2,4-5,14,16H,3,6H2. The monoisotopic (exact) mass is 256 g/mol. The molecule has 0 unspecified atom stereocenters. The zero-order chi connectivity index (χ0) is 11.5. The molecule has 1 aromatic carbocycles. The fourth-order valence-electron chi connectivity index (χ4n) is 1.45. The largest absolute Gasteiger partial charge is 0.392 e. The molecule has 2 rings (SSSR count). The van der Waals surface area contributed by atoms with Gasteiger partial charge < -0.3 is 10.4 Å². The Kier molecular flexibility index (Phi) is 3.49. The van der Waals surface area contributed by atoms with Gasteiger partial charge in [-0.3, -0.25) is 4.99 Å². The van der Waals surface area contributed by atoms with E-state index in [-0.39, 0.29) is 6.61 Å². The quantitative estimate of drug-likeness (QED) is 0.854. The lowest BCUT2D eigenvalue weighted by atomic mass is 10.1. The Morgan fingerprint density at radius 1 is 1.31 bits per heavy atom. The summed E-state index contributed by atoms with van der Waals surface area (Å²) in [5.74, 6) is 0. The Morgan fingerprint density at radius 3 is 2.75 bits per heavy atom. The molecule has 0 amide bonds. The van der Waals surface area contributed by atoms with Crippen LogP contribution in [0.25, 0.3) is 5.70 Å². The molecule has 0 aromatic heterocycles. The number of nitrogens with zero attached hydrogens (tertiary/aromatic N) is 1. The summed E-state index contributed by atoms with van der Waals surface area (Å²) < 4.78 is 0. The van der Waals surface area contributed by atoms with Gasteiger partial charge in [0.25, 0.3) is 0 Å². The van der Waals surface area contributed by atoms with E-state index in [1.807, 2.05) is 0 Å². The van der Waals surface area contributed by atoms with Gasteiger partial charge in [0, 0.05) is 24.5 Å². The lowest BCUT2D eigenvalue weighted by molar-refractivity contribution is 0.282. The molecular formula is C11H10Cl2N2O. The van der Waals surface area contributed by atoms with Crippen LogP contribution in [0.15, 0.2) is 23.3 Å². The van der Waals surface area contributed by atoms with Crippen molar-refractivity contribution < 1.29 is 5.11 Å². The second-order valence-electron chi connectivity index (χ2n) is 3.31. The molecule has 2 N–H and O–H groups in total. The van der Waals surface area contributed by atoms with Crippen LogP contribution in [0, 0.1) is 0 Å². The van der Waals surface area contributed by atoms with Crippen LogP contribution in [-0.4, -0.2) is 17.9 Å². The lowest BCUT2D eigenvalue weighted by Gasteiger charge is -2.12. The van der Waals surface area contributed by atoms with Crippen LogP contribution in [0.2, 0.25) is 10.0 Å². The van der Waals surface area contributed by atoms with Gasteiger partial charge in [0.05, 0.1) is 22.3 Å². The summed E-state index contributed by atoms with van der Waals surface area (Å²) in [5.41, 5.74) is 2.11. The molecule has 1 heterocycles. The zero-order valence-electron chi connectivity index (χ0n) is 8.37. The molecule has 5 heteroatoms. The molecule has 0 fully saturated rings. The summed E-state index contributed by atoms with van der Waals surface area (Å²) in [7, 11) is 0. The average Bonchev–Trinajstić information content (AvgIpc) is 2.34. The van der Waals surface area contributed by atoms with Crippen molar-refractivity contribution in [2.24, 2.45) is 4.99 Å². The molecule has 0 saturated heterocycles. The zero-order valence-corrected chi connectivity index (χ0v) is 9.89. The summed E-state index contributed by atoms with van der Waals surface area (Å²) in [6, 6.07) is 3.55. The molecule has 0 atom stereocenters. The predicted octanol–water partition coefficient (Wildman–Crippen LogP) is 2.46. The fraction of sp³-hybridized carbons (Fsp3) is 0.182. The third-order valence-corrected chi connectivity index (χ3v) is 3.21. The van der Waals surface area contributed by atoms with Gasteiger partial charge >= 0.3 is 0 Å². The van der Waals surface area contributed by atoms with E-state index in [0.29, 0.717) is 22.2 Å². The predicted molar refractivity (Wildman–Crippen MR) is 66.9 cm³/mol. The maximum atomic E-state index is 9.04. The van der Waals surface area contributed by atoms with Gasteiger partial charge in [-0.1, -0.05) is 35.3 Å². The first-order valence-electron chi connectivity index (χ1n) is 4.78. The Labute approximate surface area is 103 Å². The maximum absolute atomic E-state index is 9.04. The number of hydrogen-bond donors (Lipinski definition) is 2. The molecule has 1 aliphatic rings. The molecule has 1 aromatic rings. The van der Waals surface area contributed by atoms with Crippen molar-refractivity contribution >= 4 is 35.1 Å². The van der Waals surface area contributed by atoms with Crippen LogP contribution < -0.4 is 5.32 Å². The highest BCUT2D eigenvalue weighted by molar-refractivity contribution is 6.43. The second-order valence-corrected chi connectivity index (χ2v) is 4.06. The number of aliphatic hydroxyl groups excluding tert-OH is 1. The van der Waals surface area contributed by atoms with Gasteiger partial charge in [0.15, 0.2) is 0 Å². The number of benzene rings is 1. The van der Waals surface area contributed by atoms with Crippen molar-refractivity contribution in [3.63, 3.8) is 0 Å². The van der Waals surface area contributed by atoms with Gasteiger partial charge in [0.2, 0.25) is 0 Å². The van der Waals surface area contributed by atoms with Gasteiger partial charge in [-0.25, -0.2) is 0 Å². The third-order valence-electron chi connectivity index (χ3n) is 2.29. The van der Waals surface area contributed by atoms with E-state index in [1.165, 1.54) is 0 Å². The number of hydrogen-bond acceptors (Lipinski definition) is 3. The minimum absolute atomic E-state index is 0.126. The van der Waals surface area contributed by atoms with Gasteiger partial charge in [0.1, 0.15) is 0 Å². The minimum Gasteiger partial charge on any atom is -0.392 e. The maximum Gasteiger partial charge on any atom is 0.0870 e. The topological polar surface area (TPSA) is 44.6 Å². The Balaban J connectivity index is 2.46. The van der Waals surface area contributed by atoms with E-state index in [4.69, 9.17) is 28.3 Å². The first-order valence-corrected chi connectivity index (χ1v) is 5.54. The summed E-state index contributed by atoms with van der Waals surface area (Å²) in [6.07, 6.45) is 3.55. The van der Waals surface area contributed by atoms with Gasteiger partial charge in [-0.2, -0.15) is 0 Å². The molecule has 1 aliphatic heterocycles. The Bertz CT molecular complexity index is 469. The van der Waals surface area contributed by atoms with Crippen LogP contribution in [0.3, 0.4) is 0 Å². The molecule has 0 spiro atoms. The molecule has 3 nitrogen and oxygen atoms in total. The van der Waals surface area contributed by atoms with Crippen molar-refractivity contribution in [2.75, 3.05) is 6.54 Å². The van der Waals surface area contributed by atoms with E-state index >= 15 is 0 Å². The molecule has 0 aliphatic carbocycles. The fourth-order valence-corrected chi connectivity index (χ4v) is 1.95. The summed E-state index contributed by atoms with van der Waals surface area (Å²) in [4.78, 5) is 4.23. The van der Waals surface area contributed by atoms with E-state index in [2.05, 4.69) is 10.3 Å². The van der Waals surface area contributed by atoms with Crippen LogP contribution in [0.1, 0.15) is 11.1 Å². The van der Waals surface area contributed by atoms with Crippen molar-refractivity contribution in [2.45, 2.75) is 6.61 Å². The number of rotatable bonds is 2. The van der Waals surface area contributed by atoms with E-state index in [0.717, 1.165) is 11.3 Å². The number of halogens is 2. The van der Waals surface area contributed by atoms with E-state index in [9.17, 15) is 0 Å². The first kappa shape index (κ1) is 11.5. The van der Waals surface area contributed by atoms with Crippen LogP contribution in [0.5, 0.6) is 0 Å². The molecule has 0 saturated carbocycles. The third kappa shape index (κ3) is 2.07. The van der Waals surface area contributed by atoms with Crippen LogP contribution in [0.4, 0.5) is 0 Å². The summed E-state index contributed by atoms with van der Waals surface area (Å²) in [5, 5.41) is 12.9. The molecule has 84 valence electrons. The molecule has 0 radical (unpaired) electrons. The summed E-state index contributed by atoms with van der Waals surface area (Å²) >= 11 is 12.2. The number of nitrogens with one attached hydrogen (secondary N) is 1. The highest BCUT2D eigenvalue weighted by Crippen LogP contribution is 2.33. The highest BCUT2D eigenvalue weighted by Gasteiger charge is 2.13. The smallest absolute Gasteiger partial charge is 0.0870 e. The SMILES string of the molecule is OCc1ccc(C2=CNCC=N2)c(Cl)c1Cl. The molecule has 0 bridgehead atoms. The van der Waals surface area contributed by atoms with E-state index in [1.54, 1.807) is 24.5 Å². The van der Waals surface area contributed by atoms with Gasteiger partial charge in [-0.05, 0) is 5.56 Å². The van der Waals surface area contributed by atoms with Crippen molar-refractivity contribution in [3.05, 3.63) is 39.5 Å². The second kappa shape index (κ2) is 4.87. The van der Waals surface area contributed by atoms with Crippen molar-refractivity contribution in [1.82, 2.24) is 5.32 Å². The van der Waals surface area contributed by atoms with Gasteiger partial charge in [-0.15, -0.1) is 0 Å². The average molecular weight is 257 g/mol. The summed E-state index contributed by atoms with van der Waals surface area (Å²) in [6.45, 7) is 0.586. The van der Waals surface area contributed by atoms with E-state index < -0.39 is 0 Å². The first-order chi connectivity index (χ1) is 7.74.